The summed E-state index contributed by atoms with van der Waals surface area (Å²) in [6.07, 6.45) is 0.732. The van der Waals surface area contributed by atoms with Crippen molar-refractivity contribution in [3.05, 3.63) is 29.8 Å². The zero-order valence-corrected chi connectivity index (χ0v) is 12.2. The van der Waals surface area contributed by atoms with Gasteiger partial charge in [-0.1, -0.05) is 41.6 Å². The fourth-order valence-electron chi connectivity index (χ4n) is 2.08. The molecule has 1 aliphatic heterocycles. The molecule has 2 heterocycles. The van der Waals surface area contributed by atoms with Crippen LogP contribution in [0.2, 0.25) is 0 Å². The number of hydrogen-bond acceptors (Lipinski definition) is 5. The Morgan fingerprint density at radius 1 is 1.30 bits per heavy atom. The van der Waals surface area contributed by atoms with Gasteiger partial charge < -0.3 is 9.30 Å². The molecule has 0 saturated carbocycles. The monoisotopic (exact) mass is 289 g/mol. The topological polar surface area (TPSA) is 57.0 Å². The second-order valence-electron chi connectivity index (χ2n) is 4.79. The van der Waals surface area contributed by atoms with E-state index < -0.39 is 0 Å². The van der Waals surface area contributed by atoms with Crippen LogP contribution in [0.15, 0.2) is 29.4 Å². The van der Waals surface area contributed by atoms with E-state index >= 15 is 0 Å². The lowest BCUT2D eigenvalue weighted by Gasteiger charge is -2.06. The van der Waals surface area contributed by atoms with Crippen LogP contribution in [0.25, 0.3) is 11.4 Å². The Labute approximate surface area is 121 Å². The van der Waals surface area contributed by atoms with E-state index in [1.807, 2.05) is 42.8 Å². The number of benzene rings is 1. The van der Waals surface area contributed by atoms with Crippen LogP contribution in [0.5, 0.6) is 0 Å². The van der Waals surface area contributed by atoms with Gasteiger partial charge in [0.1, 0.15) is 5.25 Å². The van der Waals surface area contributed by atoms with E-state index in [4.69, 9.17) is 4.74 Å². The van der Waals surface area contributed by atoms with Gasteiger partial charge in [0.05, 0.1) is 6.61 Å². The zero-order chi connectivity index (χ0) is 14.1. The van der Waals surface area contributed by atoms with Gasteiger partial charge in [-0.15, -0.1) is 10.2 Å². The summed E-state index contributed by atoms with van der Waals surface area (Å²) in [5.41, 5.74) is 2.23. The Balaban J connectivity index is 1.85. The molecule has 0 spiro atoms. The van der Waals surface area contributed by atoms with Crippen molar-refractivity contribution in [1.29, 1.82) is 0 Å². The average Bonchev–Trinajstić information content (AvgIpc) is 3.00. The van der Waals surface area contributed by atoms with Crippen molar-refractivity contribution in [2.24, 2.45) is 7.05 Å². The van der Waals surface area contributed by atoms with Crippen LogP contribution in [0.4, 0.5) is 0 Å². The second-order valence-corrected chi connectivity index (χ2v) is 5.96. The molecule has 0 N–H and O–H groups in total. The van der Waals surface area contributed by atoms with Gasteiger partial charge in [0.15, 0.2) is 11.0 Å². The van der Waals surface area contributed by atoms with Crippen molar-refractivity contribution >= 4 is 17.7 Å². The molecule has 0 aliphatic carbocycles. The van der Waals surface area contributed by atoms with Gasteiger partial charge >= 0.3 is 5.97 Å². The van der Waals surface area contributed by atoms with E-state index in [2.05, 4.69) is 10.2 Å². The normalized spacial score (nSPS) is 18.3. The minimum absolute atomic E-state index is 0.158. The SMILES string of the molecule is Cc1ccc(-c2nnc(S[C@H]3CCOC3=O)n2C)cc1. The Bertz CT molecular complexity index is 636. The van der Waals surface area contributed by atoms with Crippen molar-refractivity contribution in [2.45, 2.75) is 23.8 Å². The van der Waals surface area contributed by atoms with Crippen LogP contribution < -0.4 is 0 Å². The Kier molecular flexibility index (Phi) is 3.48. The van der Waals surface area contributed by atoms with Crippen LogP contribution >= 0.6 is 11.8 Å². The Morgan fingerprint density at radius 2 is 2.05 bits per heavy atom. The smallest absolute Gasteiger partial charge is 0.319 e. The van der Waals surface area contributed by atoms with E-state index in [1.165, 1.54) is 17.3 Å². The number of cyclic esters (lactones) is 1. The third-order valence-electron chi connectivity index (χ3n) is 3.28. The molecular formula is C14H15N3O2S. The quantitative estimate of drug-likeness (QED) is 0.811. The molecule has 6 heteroatoms. The lowest BCUT2D eigenvalue weighted by Crippen LogP contribution is -2.10. The zero-order valence-electron chi connectivity index (χ0n) is 11.4. The molecule has 1 fully saturated rings. The predicted octanol–water partition coefficient (Wildman–Crippen LogP) is 2.20. The molecular weight excluding hydrogens is 274 g/mol. The highest BCUT2D eigenvalue weighted by Crippen LogP contribution is 2.30. The van der Waals surface area contributed by atoms with Gasteiger partial charge in [-0.25, -0.2) is 0 Å². The molecule has 0 amide bonds. The molecule has 20 heavy (non-hydrogen) atoms. The lowest BCUT2D eigenvalue weighted by atomic mass is 10.1. The molecule has 0 unspecified atom stereocenters. The summed E-state index contributed by atoms with van der Waals surface area (Å²) >= 11 is 1.42. The molecule has 3 rings (SSSR count). The molecule has 0 bridgehead atoms. The summed E-state index contributed by atoms with van der Waals surface area (Å²) in [5.74, 6) is 0.647. The first kappa shape index (κ1) is 13.2. The highest BCUT2D eigenvalue weighted by molar-refractivity contribution is 8.00. The number of hydrogen-bond donors (Lipinski definition) is 0. The van der Waals surface area contributed by atoms with E-state index in [0.29, 0.717) is 6.61 Å². The van der Waals surface area contributed by atoms with E-state index in [1.54, 1.807) is 0 Å². The Morgan fingerprint density at radius 3 is 2.70 bits per heavy atom. The van der Waals surface area contributed by atoms with Gasteiger partial charge in [0, 0.05) is 19.0 Å². The highest BCUT2D eigenvalue weighted by atomic mass is 32.2. The minimum Gasteiger partial charge on any atom is -0.465 e. The first-order chi connectivity index (χ1) is 9.65. The van der Waals surface area contributed by atoms with Crippen LogP contribution in [0.1, 0.15) is 12.0 Å². The number of thioether (sulfide) groups is 1. The van der Waals surface area contributed by atoms with Crippen LogP contribution in [-0.4, -0.2) is 32.6 Å². The maximum absolute atomic E-state index is 11.5. The Hall–Kier alpha value is -1.82. The fourth-order valence-corrected chi connectivity index (χ4v) is 3.05. The number of nitrogens with zero attached hydrogens (tertiary/aromatic N) is 3. The molecule has 0 radical (unpaired) electrons. The number of aromatic nitrogens is 3. The first-order valence-corrected chi connectivity index (χ1v) is 7.33. The summed E-state index contributed by atoms with van der Waals surface area (Å²) in [4.78, 5) is 11.5. The summed E-state index contributed by atoms with van der Waals surface area (Å²) in [6, 6.07) is 8.14. The summed E-state index contributed by atoms with van der Waals surface area (Å²) in [6.45, 7) is 2.55. The third kappa shape index (κ3) is 2.43. The molecule has 5 nitrogen and oxygen atoms in total. The van der Waals surface area contributed by atoms with Gasteiger partial charge in [-0.3, -0.25) is 4.79 Å². The standard InChI is InChI=1S/C14H15N3O2S/c1-9-3-5-10(6-4-9)12-15-16-14(17(12)2)20-11-7-8-19-13(11)18/h3-6,11H,7-8H2,1-2H3/t11-/m0/s1. The largest absolute Gasteiger partial charge is 0.465 e. The molecule has 1 aromatic carbocycles. The number of aryl methyl sites for hydroxylation is 1. The molecule has 1 aliphatic rings. The van der Waals surface area contributed by atoms with Crippen molar-refractivity contribution in [3.63, 3.8) is 0 Å². The molecule has 1 aromatic heterocycles. The first-order valence-electron chi connectivity index (χ1n) is 6.45. The molecule has 104 valence electrons. The number of carbonyl (C=O) groups is 1. The minimum atomic E-state index is -0.163. The number of ether oxygens (including phenoxy) is 1. The number of rotatable bonds is 3. The predicted molar refractivity (Wildman–Crippen MR) is 76.4 cm³/mol. The number of esters is 1. The summed E-state index contributed by atoms with van der Waals surface area (Å²) in [7, 11) is 1.91. The lowest BCUT2D eigenvalue weighted by molar-refractivity contribution is -0.137. The molecule has 2 aromatic rings. The number of carbonyl (C=O) groups excluding carboxylic acids is 1. The molecule has 1 atom stereocenters. The maximum atomic E-state index is 11.5. The van der Waals surface area contributed by atoms with E-state index in [0.717, 1.165) is 23.0 Å². The van der Waals surface area contributed by atoms with Gasteiger partial charge in [0.25, 0.3) is 0 Å². The fraction of sp³-hybridized carbons (Fsp3) is 0.357. The maximum Gasteiger partial charge on any atom is 0.319 e. The average molecular weight is 289 g/mol. The third-order valence-corrected chi connectivity index (χ3v) is 4.56. The van der Waals surface area contributed by atoms with E-state index in [-0.39, 0.29) is 11.2 Å². The van der Waals surface area contributed by atoms with Crippen LogP contribution in [0, 0.1) is 6.92 Å². The summed E-state index contributed by atoms with van der Waals surface area (Å²) in [5, 5.41) is 8.98. The van der Waals surface area contributed by atoms with E-state index in [9.17, 15) is 4.79 Å². The van der Waals surface area contributed by atoms with Crippen molar-refractivity contribution in [1.82, 2.24) is 14.8 Å². The van der Waals surface area contributed by atoms with Crippen LogP contribution in [0.3, 0.4) is 0 Å². The summed E-state index contributed by atoms with van der Waals surface area (Å²) < 4.78 is 6.88. The van der Waals surface area contributed by atoms with Crippen molar-refractivity contribution in [3.8, 4) is 11.4 Å². The van der Waals surface area contributed by atoms with Crippen LogP contribution in [-0.2, 0) is 16.6 Å². The van der Waals surface area contributed by atoms with Gasteiger partial charge in [-0.2, -0.15) is 0 Å². The second kappa shape index (κ2) is 5.28. The highest BCUT2D eigenvalue weighted by Gasteiger charge is 2.29. The molecule has 1 saturated heterocycles. The van der Waals surface area contributed by atoms with Crippen molar-refractivity contribution < 1.29 is 9.53 Å². The van der Waals surface area contributed by atoms with Gasteiger partial charge in [-0.05, 0) is 6.92 Å². The van der Waals surface area contributed by atoms with Crippen molar-refractivity contribution in [2.75, 3.05) is 6.61 Å². The van der Waals surface area contributed by atoms with Gasteiger partial charge in [0.2, 0.25) is 0 Å².